The van der Waals surface area contributed by atoms with Crippen LogP contribution >= 0.6 is 0 Å². The third-order valence-corrected chi connectivity index (χ3v) is 3.20. The zero-order chi connectivity index (χ0) is 14.7. The van der Waals surface area contributed by atoms with Gasteiger partial charge in [0.05, 0.1) is 5.60 Å². The molecule has 0 aromatic heterocycles. The Balaban J connectivity index is 2.61. The molecular weight excluding hydrogens is 241 g/mol. The normalized spacial score (nSPS) is 15.3. The van der Waals surface area contributed by atoms with E-state index in [4.69, 9.17) is 0 Å². The number of aryl methyl sites for hydroxylation is 1. The van der Waals surface area contributed by atoms with Gasteiger partial charge in [0.15, 0.2) is 0 Å². The molecule has 0 saturated heterocycles. The Kier molecular flexibility index (Phi) is 5.11. The fourth-order valence-corrected chi connectivity index (χ4v) is 2.04. The van der Waals surface area contributed by atoms with Crippen LogP contribution in [0.1, 0.15) is 45.2 Å². The van der Waals surface area contributed by atoms with Crippen LogP contribution in [0.15, 0.2) is 18.2 Å². The standard InChI is InChI=1S/C16H26FNO/c1-12-6-7-14(17)10-13(12)11-16(5,19)8-9-18-15(2,3)4/h6-7,10,18-19H,8-9,11H2,1-5H3. The van der Waals surface area contributed by atoms with Gasteiger partial charge < -0.3 is 10.4 Å². The van der Waals surface area contributed by atoms with Crippen LogP contribution in [0.4, 0.5) is 4.39 Å². The molecule has 0 bridgehead atoms. The first-order chi connectivity index (χ1) is 8.59. The van der Waals surface area contributed by atoms with Crippen molar-refractivity contribution in [1.29, 1.82) is 0 Å². The summed E-state index contributed by atoms with van der Waals surface area (Å²) >= 11 is 0. The molecule has 108 valence electrons. The molecule has 0 fully saturated rings. The van der Waals surface area contributed by atoms with Crippen molar-refractivity contribution >= 4 is 0 Å². The second-order valence-electron chi connectivity index (χ2n) is 6.67. The predicted molar refractivity (Wildman–Crippen MR) is 77.8 cm³/mol. The SMILES string of the molecule is Cc1ccc(F)cc1CC(C)(O)CCNC(C)(C)C. The third kappa shape index (κ3) is 6.17. The number of nitrogens with one attached hydrogen (secondary N) is 1. The van der Waals surface area contributed by atoms with E-state index in [9.17, 15) is 9.50 Å². The summed E-state index contributed by atoms with van der Waals surface area (Å²) in [5.41, 5.74) is 1.12. The molecule has 1 aromatic carbocycles. The zero-order valence-corrected chi connectivity index (χ0v) is 12.7. The molecule has 0 saturated carbocycles. The van der Waals surface area contributed by atoms with Gasteiger partial charge >= 0.3 is 0 Å². The molecule has 0 amide bonds. The Morgan fingerprint density at radius 3 is 2.42 bits per heavy atom. The first-order valence-electron chi connectivity index (χ1n) is 6.81. The maximum Gasteiger partial charge on any atom is 0.123 e. The van der Waals surface area contributed by atoms with Gasteiger partial charge in [0, 0.05) is 12.0 Å². The summed E-state index contributed by atoms with van der Waals surface area (Å²) in [4.78, 5) is 0. The van der Waals surface area contributed by atoms with Crippen LogP contribution in [-0.2, 0) is 6.42 Å². The second-order valence-corrected chi connectivity index (χ2v) is 6.67. The van der Waals surface area contributed by atoms with Crippen molar-refractivity contribution in [2.24, 2.45) is 0 Å². The van der Waals surface area contributed by atoms with Gasteiger partial charge in [-0.05, 0) is 70.8 Å². The van der Waals surface area contributed by atoms with Crippen molar-refractivity contribution in [3.05, 3.63) is 35.1 Å². The van der Waals surface area contributed by atoms with Gasteiger partial charge in [0.25, 0.3) is 0 Å². The topological polar surface area (TPSA) is 32.3 Å². The number of rotatable bonds is 5. The minimum atomic E-state index is -0.823. The Labute approximate surface area is 116 Å². The van der Waals surface area contributed by atoms with Crippen molar-refractivity contribution in [3.8, 4) is 0 Å². The molecule has 1 atom stereocenters. The van der Waals surface area contributed by atoms with Gasteiger partial charge in [0.2, 0.25) is 0 Å². The first kappa shape index (κ1) is 16.1. The van der Waals surface area contributed by atoms with E-state index in [1.54, 1.807) is 6.07 Å². The summed E-state index contributed by atoms with van der Waals surface area (Å²) in [6, 6.07) is 4.73. The lowest BCUT2D eigenvalue weighted by molar-refractivity contribution is 0.0497. The molecule has 0 aliphatic heterocycles. The van der Waals surface area contributed by atoms with Crippen molar-refractivity contribution in [2.75, 3.05) is 6.54 Å². The molecule has 1 unspecified atom stereocenters. The van der Waals surface area contributed by atoms with E-state index in [1.807, 2.05) is 13.8 Å². The molecule has 2 nitrogen and oxygen atoms in total. The van der Waals surface area contributed by atoms with Crippen molar-refractivity contribution in [1.82, 2.24) is 5.32 Å². The van der Waals surface area contributed by atoms with Gasteiger partial charge in [0.1, 0.15) is 5.82 Å². The quantitative estimate of drug-likeness (QED) is 0.858. The van der Waals surface area contributed by atoms with E-state index >= 15 is 0 Å². The van der Waals surface area contributed by atoms with Crippen LogP contribution in [0.5, 0.6) is 0 Å². The van der Waals surface area contributed by atoms with E-state index in [-0.39, 0.29) is 11.4 Å². The van der Waals surface area contributed by atoms with Crippen LogP contribution in [-0.4, -0.2) is 22.8 Å². The highest BCUT2D eigenvalue weighted by Crippen LogP contribution is 2.20. The molecule has 0 aliphatic rings. The Morgan fingerprint density at radius 1 is 1.21 bits per heavy atom. The van der Waals surface area contributed by atoms with Gasteiger partial charge in [-0.1, -0.05) is 6.07 Å². The van der Waals surface area contributed by atoms with Crippen molar-refractivity contribution in [3.63, 3.8) is 0 Å². The average molecular weight is 267 g/mol. The zero-order valence-electron chi connectivity index (χ0n) is 12.7. The average Bonchev–Trinajstić information content (AvgIpc) is 2.20. The highest BCUT2D eigenvalue weighted by molar-refractivity contribution is 5.27. The molecule has 0 heterocycles. The van der Waals surface area contributed by atoms with Crippen LogP contribution in [0, 0.1) is 12.7 Å². The summed E-state index contributed by atoms with van der Waals surface area (Å²) in [7, 11) is 0. The Hall–Kier alpha value is -0.930. The van der Waals surface area contributed by atoms with Gasteiger partial charge in [-0.3, -0.25) is 0 Å². The second kappa shape index (κ2) is 6.02. The molecule has 0 spiro atoms. The van der Waals surface area contributed by atoms with Crippen molar-refractivity contribution < 1.29 is 9.50 Å². The lowest BCUT2D eigenvalue weighted by atomic mass is 9.90. The Morgan fingerprint density at radius 2 is 1.84 bits per heavy atom. The lowest BCUT2D eigenvalue weighted by Crippen LogP contribution is -2.40. The molecule has 3 heteroatoms. The maximum atomic E-state index is 13.2. The molecule has 1 aromatic rings. The van der Waals surface area contributed by atoms with Crippen molar-refractivity contribution in [2.45, 2.75) is 58.6 Å². The highest BCUT2D eigenvalue weighted by atomic mass is 19.1. The molecule has 0 radical (unpaired) electrons. The van der Waals surface area contributed by atoms with Crippen LogP contribution < -0.4 is 5.32 Å². The fraction of sp³-hybridized carbons (Fsp3) is 0.625. The summed E-state index contributed by atoms with van der Waals surface area (Å²) in [5, 5.41) is 13.8. The smallest absolute Gasteiger partial charge is 0.123 e. The summed E-state index contributed by atoms with van der Waals surface area (Å²) in [6.07, 6.45) is 1.11. The first-order valence-corrected chi connectivity index (χ1v) is 6.81. The number of benzene rings is 1. The minimum Gasteiger partial charge on any atom is -0.390 e. The highest BCUT2D eigenvalue weighted by Gasteiger charge is 2.22. The number of aliphatic hydroxyl groups is 1. The third-order valence-electron chi connectivity index (χ3n) is 3.20. The Bertz CT molecular complexity index is 421. The van der Waals surface area contributed by atoms with Crippen LogP contribution in [0.2, 0.25) is 0 Å². The lowest BCUT2D eigenvalue weighted by Gasteiger charge is -2.27. The van der Waals surface area contributed by atoms with E-state index in [2.05, 4.69) is 26.1 Å². The van der Waals surface area contributed by atoms with Crippen LogP contribution in [0.25, 0.3) is 0 Å². The van der Waals surface area contributed by atoms with Gasteiger partial charge in [-0.25, -0.2) is 4.39 Å². The maximum absolute atomic E-state index is 13.2. The van der Waals surface area contributed by atoms with E-state index < -0.39 is 5.60 Å². The van der Waals surface area contributed by atoms with E-state index in [0.29, 0.717) is 12.8 Å². The summed E-state index contributed by atoms with van der Waals surface area (Å²) in [5.74, 6) is -0.246. The number of halogens is 1. The predicted octanol–water partition coefficient (Wildman–Crippen LogP) is 3.21. The van der Waals surface area contributed by atoms with E-state index in [0.717, 1.165) is 17.7 Å². The van der Waals surface area contributed by atoms with Crippen LogP contribution in [0.3, 0.4) is 0 Å². The summed E-state index contributed by atoms with van der Waals surface area (Å²) < 4.78 is 13.2. The van der Waals surface area contributed by atoms with E-state index in [1.165, 1.54) is 12.1 Å². The molecule has 2 N–H and O–H groups in total. The number of hydrogen-bond acceptors (Lipinski definition) is 2. The monoisotopic (exact) mass is 267 g/mol. The molecule has 1 rings (SSSR count). The minimum absolute atomic E-state index is 0.0465. The molecule has 19 heavy (non-hydrogen) atoms. The summed E-state index contributed by atoms with van der Waals surface area (Å²) in [6.45, 7) is 10.8. The molecular formula is C16H26FNO. The molecule has 0 aliphatic carbocycles. The fourth-order valence-electron chi connectivity index (χ4n) is 2.04. The van der Waals surface area contributed by atoms with Gasteiger partial charge in [-0.2, -0.15) is 0 Å². The largest absolute Gasteiger partial charge is 0.390 e. The van der Waals surface area contributed by atoms with Gasteiger partial charge in [-0.15, -0.1) is 0 Å². The number of hydrogen-bond donors (Lipinski definition) is 2.